The summed E-state index contributed by atoms with van der Waals surface area (Å²) in [7, 11) is 0. The summed E-state index contributed by atoms with van der Waals surface area (Å²) in [6.45, 7) is 0.884. The van der Waals surface area contributed by atoms with Crippen molar-refractivity contribution in [2.75, 3.05) is 18.5 Å². The minimum atomic E-state index is -0.427. The zero-order valence-electron chi connectivity index (χ0n) is 16.6. The Balaban J connectivity index is 1.56. The monoisotopic (exact) mass is 416 g/mol. The number of fused-ring (bicyclic) bond motifs is 1. The maximum Gasteiger partial charge on any atom is 0.256 e. The van der Waals surface area contributed by atoms with Crippen LogP contribution >= 0.6 is 0 Å². The van der Waals surface area contributed by atoms with Gasteiger partial charge in [-0.15, -0.1) is 0 Å². The third kappa shape index (κ3) is 4.56. The van der Waals surface area contributed by atoms with Crippen molar-refractivity contribution in [3.63, 3.8) is 0 Å². The molecule has 4 rings (SSSR count). The summed E-state index contributed by atoms with van der Waals surface area (Å²) < 4.78 is 11.1. The molecule has 1 aliphatic heterocycles. The third-order valence-corrected chi connectivity index (χ3v) is 4.81. The average molecular weight is 416 g/mol. The first-order valence-electron chi connectivity index (χ1n) is 9.73. The van der Waals surface area contributed by atoms with Crippen LogP contribution in [-0.4, -0.2) is 30.8 Å². The van der Waals surface area contributed by atoms with Crippen LogP contribution in [0.1, 0.15) is 31.8 Å². The summed E-state index contributed by atoms with van der Waals surface area (Å²) in [6, 6.07) is 18.4. The molecule has 3 N–H and O–H groups in total. The van der Waals surface area contributed by atoms with E-state index in [2.05, 4.69) is 5.32 Å². The van der Waals surface area contributed by atoms with Crippen LogP contribution < -0.4 is 20.5 Å². The molecule has 3 aromatic rings. The topological polar surface area (TPSA) is 108 Å². The van der Waals surface area contributed by atoms with Crippen molar-refractivity contribution < 1.29 is 23.9 Å². The fraction of sp³-hybridized carbons (Fsp3) is 0.125. The summed E-state index contributed by atoms with van der Waals surface area (Å²) in [5.41, 5.74) is 7.42. The fourth-order valence-electron chi connectivity index (χ4n) is 3.32. The van der Waals surface area contributed by atoms with Gasteiger partial charge in [0.25, 0.3) is 5.91 Å². The van der Waals surface area contributed by atoms with Crippen LogP contribution in [0.2, 0.25) is 0 Å². The van der Waals surface area contributed by atoms with E-state index in [-0.39, 0.29) is 23.3 Å². The van der Waals surface area contributed by atoms with E-state index < -0.39 is 11.8 Å². The minimum Gasteiger partial charge on any atom is -0.486 e. The number of anilines is 1. The van der Waals surface area contributed by atoms with Crippen molar-refractivity contribution in [3.8, 4) is 11.5 Å². The molecule has 0 aromatic heterocycles. The maximum absolute atomic E-state index is 13.1. The number of hydrogen-bond acceptors (Lipinski definition) is 5. The van der Waals surface area contributed by atoms with Crippen LogP contribution in [0.25, 0.3) is 0 Å². The SMILES string of the molecule is NC(=O)Cc1ccc(NC(=O)c2ccccc2C(=O)c2ccc3c(c2)OCCO3)cc1. The Bertz CT molecular complexity index is 1150. The molecule has 156 valence electrons. The van der Waals surface area contributed by atoms with Crippen molar-refractivity contribution in [1.82, 2.24) is 0 Å². The molecule has 0 atom stereocenters. The van der Waals surface area contributed by atoms with Crippen LogP contribution in [-0.2, 0) is 11.2 Å². The van der Waals surface area contributed by atoms with Gasteiger partial charge in [-0.2, -0.15) is 0 Å². The summed E-state index contributed by atoms with van der Waals surface area (Å²) in [6.07, 6.45) is 0.126. The molecule has 0 saturated heterocycles. The quantitative estimate of drug-likeness (QED) is 0.601. The lowest BCUT2D eigenvalue weighted by molar-refractivity contribution is -0.117. The molecule has 0 unspecified atom stereocenters. The first-order chi connectivity index (χ1) is 15.0. The second-order valence-electron chi connectivity index (χ2n) is 7.03. The maximum atomic E-state index is 13.1. The Morgan fingerprint density at radius 3 is 2.23 bits per heavy atom. The molecule has 7 nitrogen and oxygen atoms in total. The second-order valence-corrected chi connectivity index (χ2v) is 7.03. The number of nitrogens with one attached hydrogen (secondary N) is 1. The van der Waals surface area contributed by atoms with Crippen molar-refractivity contribution in [2.45, 2.75) is 6.42 Å². The van der Waals surface area contributed by atoms with Gasteiger partial charge in [-0.05, 0) is 42.0 Å². The van der Waals surface area contributed by atoms with Gasteiger partial charge in [0, 0.05) is 16.8 Å². The average Bonchev–Trinajstić information content (AvgIpc) is 2.79. The molecule has 31 heavy (non-hydrogen) atoms. The molecule has 0 saturated carbocycles. The molecule has 7 heteroatoms. The van der Waals surface area contributed by atoms with E-state index in [1.54, 1.807) is 66.7 Å². The number of hydrogen-bond donors (Lipinski definition) is 2. The van der Waals surface area contributed by atoms with Gasteiger partial charge in [0.05, 0.1) is 12.0 Å². The van der Waals surface area contributed by atoms with Gasteiger partial charge >= 0.3 is 0 Å². The predicted octanol–water partition coefficient (Wildman–Crippen LogP) is 2.97. The highest BCUT2D eigenvalue weighted by Gasteiger charge is 2.21. The predicted molar refractivity (Wildman–Crippen MR) is 115 cm³/mol. The van der Waals surface area contributed by atoms with Crippen LogP contribution in [0.4, 0.5) is 5.69 Å². The Hall–Kier alpha value is -4.13. The molecule has 0 fully saturated rings. The lowest BCUT2D eigenvalue weighted by Gasteiger charge is -2.18. The summed E-state index contributed by atoms with van der Waals surface area (Å²) in [4.78, 5) is 37.0. The van der Waals surface area contributed by atoms with E-state index in [9.17, 15) is 14.4 Å². The third-order valence-electron chi connectivity index (χ3n) is 4.81. The lowest BCUT2D eigenvalue weighted by Crippen LogP contribution is -2.18. The first kappa shape index (κ1) is 20.2. The number of ketones is 1. The number of benzene rings is 3. The molecule has 2 amide bonds. The largest absolute Gasteiger partial charge is 0.486 e. The van der Waals surface area contributed by atoms with Crippen LogP contribution in [0, 0.1) is 0 Å². The molecular formula is C24H20N2O5. The number of ether oxygens (including phenoxy) is 2. The van der Waals surface area contributed by atoms with Gasteiger partial charge in [-0.25, -0.2) is 0 Å². The highest BCUT2D eigenvalue weighted by atomic mass is 16.6. The highest BCUT2D eigenvalue weighted by molar-refractivity contribution is 6.17. The van der Waals surface area contributed by atoms with Gasteiger partial charge in [0.1, 0.15) is 13.2 Å². The Kier molecular flexibility index (Phi) is 5.66. The standard InChI is InChI=1S/C24H20N2O5/c25-22(27)13-15-5-8-17(9-6-15)26-24(29)19-4-2-1-3-18(19)23(28)16-7-10-20-21(14-16)31-12-11-30-20/h1-10,14H,11-13H2,(H2,25,27)(H,26,29). The van der Waals surface area contributed by atoms with E-state index in [0.717, 1.165) is 5.56 Å². The minimum absolute atomic E-state index is 0.126. The number of rotatable bonds is 6. The molecular weight excluding hydrogens is 396 g/mol. The molecule has 0 spiro atoms. The van der Waals surface area contributed by atoms with Crippen molar-refractivity contribution in [3.05, 3.63) is 89.0 Å². The van der Waals surface area contributed by atoms with E-state index in [0.29, 0.717) is 36.0 Å². The molecule has 3 aromatic carbocycles. The highest BCUT2D eigenvalue weighted by Crippen LogP contribution is 2.31. The van der Waals surface area contributed by atoms with Gasteiger partial charge in [-0.3, -0.25) is 14.4 Å². The summed E-state index contributed by atoms with van der Waals surface area (Å²) >= 11 is 0. The molecule has 0 aliphatic carbocycles. The van der Waals surface area contributed by atoms with E-state index in [1.807, 2.05) is 0 Å². The number of nitrogens with two attached hydrogens (primary N) is 1. The Morgan fingerprint density at radius 2 is 1.52 bits per heavy atom. The molecule has 1 aliphatic rings. The zero-order valence-corrected chi connectivity index (χ0v) is 16.6. The molecule has 1 heterocycles. The van der Waals surface area contributed by atoms with Crippen LogP contribution in [0.15, 0.2) is 66.7 Å². The lowest BCUT2D eigenvalue weighted by atomic mass is 9.97. The van der Waals surface area contributed by atoms with Crippen molar-refractivity contribution in [1.29, 1.82) is 0 Å². The van der Waals surface area contributed by atoms with Gasteiger partial charge in [0.2, 0.25) is 5.91 Å². The van der Waals surface area contributed by atoms with E-state index in [1.165, 1.54) is 0 Å². The van der Waals surface area contributed by atoms with Crippen LogP contribution in [0.5, 0.6) is 11.5 Å². The van der Waals surface area contributed by atoms with E-state index >= 15 is 0 Å². The second kappa shape index (κ2) is 8.71. The smallest absolute Gasteiger partial charge is 0.256 e. The number of carbonyl (C=O) groups is 3. The summed E-state index contributed by atoms with van der Waals surface area (Å²) in [5, 5.41) is 2.78. The normalized spacial score (nSPS) is 12.1. The van der Waals surface area contributed by atoms with Crippen molar-refractivity contribution >= 4 is 23.3 Å². The van der Waals surface area contributed by atoms with Gasteiger partial charge in [0.15, 0.2) is 17.3 Å². The molecule has 0 bridgehead atoms. The number of carbonyl (C=O) groups excluding carboxylic acids is 3. The van der Waals surface area contributed by atoms with Gasteiger partial charge < -0.3 is 20.5 Å². The zero-order chi connectivity index (χ0) is 21.8. The number of amides is 2. The summed E-state index contributed by atoms with van der Waals surface area (Å²) in [5.74, 6) is -0.0317. The van der Waals surface area contributed by atoms with E-state index in [4.69, 9.17) is 15.2 Å². The Morgan fingerprint density at radius 1 is 0.839 bits per heavy atom. The first-order valence-corrected chi connectivity index (χ1v) is 9.73. The number of primary amides is 1. The van der Waals surface area contributed by atoms with Crippen molar-refractivity contribution in [2.24, 2.45) is 5.73 Å². The van der Waals surface area contributed by atoms with Gasteiger partial charge in [-0.1, -0.05) is 30.3 Å². The molecule has 0 radical (unpaired) electrons. The van der Waals surface area contributed by atoms with Crippen LogP contribution in [0.3, 0.4) is 0 Å². The Labute approximate surface area is 178 Å². The fourth-order valence-corrected chi connectivity index (χ4v) is 3.32.